The van der Waals surface area contributed by atoms with Crippen LogP contribution in [0.2, 0.25) is 0 Å². The normalized spacial score (nSPS) is 16.6. The molecule has 0 amide bonds. The number of hydrogen-bond acceptors (Lipinski definition) is 2. The van der Waals surface area contributed by atoms with E-state index in [0.717, 1.165) is 18.3 Å². The third-order valence-corrected chi connectivity index (χ3v) is 3.53. The summed E-state index contributed by atoms with van der Waals surface area (Å²) >= 11 is 0. The van der Waals surface area contributed by atoms with Crippen molar-refractivity contribution in [1.29, 1.82) is 0 Å². The molecule has 2 rings (SSSR count). The molecule has 0 aliphatic heterocycles. The second kappa shape index (κ2) is 5.44. The Morgan fingerprint density at radius 1 is 1.29 bits per heavy atom. The summed E-state index contributed by atoms with van der Waals surface area (Å²) < 4.78 is 0. The zero-order valence-electron chi connectivity index (χ0n) is 11.0. The Morgan fingerprint density at radius 3 is 2.59 bits per heavy atom. The van der Waals surface area contributed by atoms with Crippen LogP contribution in [0.4, 0.5) is 11.4 Å². The Hall–Kier alpha value is -1.18. The third kappa shape index (κ3) is 3.15. The highest BCUT2D eigenvalue weighted by atomic mass is 15.2. The Bertz CT molecular complexity index is 354. The molecule has 94 valence electrons. The van der Waals surface area contributed by atoms with Crippen LogP contribution in [-0.4, -0.2) is 12.6 Å². The first kappa shape index (κ1) is 12.3. The van der Waals surface area contributed by atoms with Crippen molar-refractivity contribution in [1.82, 2.24) is 0 Å². The minimum atomic E-state index is 0.692. The Labute approximate surface area is 105 Å². The maximum Gasteiger partial charge on any atom is 0.0389 e. The molecular formula is C15H24N2. The molecular weight excluding hydrogens is 208 g/mol. The summed E-state index contributed by atoms with van der Waals surface area (Å²) in [4.78, 5) is 2.56. The molecule has 1 aromatic carbocycles. The van der Waals surface area contributed by atoms with Crippen LogP contribution in [-0.2, 0) is 0 Å². The van der Waals surface area contributed by atoms with Crippen LogP contribution < -0.4 is 10.6 Å². The Kier molecular flexibility index (Phi) is 3.93. The summed E-state index contributed by atoms with van der Waals surface area (Å²) in [5.74, 6) is 0.692. The van der Waals surface area contributed by atoms with E-state index in [2.05, 4.69) is 36.9 Å². The predicted octanol–water partition coefficient (Wildman–Crippen LogP) is 3.67. The van der Waals surface area contributed by atoms with Gasteiger partial charge in [-0.05, 0) is 37.0 Å². The van der Waals surface area contributed by atoms with Crippen molar-refractivity contribution < 1.29 is 0 Å². The smallest absolute Gasteiger partial charge is 0.0389 e. The van der Waals surface area contributed by atoms with Crippen molar-refractivity contribution in [3.63, 3.8) is 0 Å². The number of hydrogen-bond donors (Lipinski definition) is 1. The molecule has 0 aromatic heterocycles. The van der Waals surface area contributed by atoms with Gasteiger partial charge in [-0.2, -0.15) is 0 Å². The molecule has 1 fully saturated rings. The zero-order chi connectivity index (χ0) is 12.3. The van der Waals surface area contributed by atoms with Gasteiger partial charge in [0.2, 0.25) is 0 Å². The van der Waals surface area contributed by atoms with Crippen molar-refractivity contribution in [3.8, 4) is 0 Å². The summed E-state index contributed by atoms with van der Waals surface area (Å²) in [6, 6.07) is 9.05. The van der Waals surface area contributed by atoms with Gasteiger partial charge in [0.1, 0.15) is 0 Å². The van der Waals surface area contributed by atoms with Crippen molar-refractivity contribution in [2.24, 2.45) is 5.92 Å². The SMILES string of the molecule is CC(C)CN(c1cccc(N)c1)C1CCCC1. The average molecular weight is 232 g/mol. The molecule has 0 radical (unpaired) electrons. The van der Waals surface area contributed by atoms with Crippen LogP contribution in [0.1, 0.15) is 39.5 Å². The van der Waals surface area contributed by atoms with E-state index < -0.39 is 0 Å². The summed E-state index contributed by atoms with van der Waals surface area (Å²) in [5, 5.41) is 0. The predicted molar refractivity (Wildman–Crippen MR) is 75.3 cm³/mol. The highest BCUT2D eigenvalue weighted by molar-refractivity contribution is 5.56. The number of nitrogens with zero attached hydrogens (tertiary/aromatic N) is 1. The highest BCUT2D eigenvalue weighted by Gasteiger charge is 2.23. The Balaban J connectivity index is 2.19. The number of rotatable bonds is 4. The number of anilines is 2. The lowest BCUT2D eigenvalue weighted by molar-refractivity contribution is 0.536. The van der Waals surface area contributed by atoms with Gasteiger partial charge in [-0.3, -0.25) is 0 Å². The van der Waals surface area contributed by atoms with Gasteiger partial charge in [-0.1, -0.05) is 32.8 Å². The first-order valence-corrected chi connectivity index (χ1v) is 6.79. The van der Waals surface area contributed by atoms with Crippen LogP contribution in [0.3, 0.4) is 0 Å². The molecule has 1 aliphatic rings. The Morgan fingerprint density at radius 2 is 2.00 bits per heavy atom. The molecule has 1 saturated carbocycles. The van der Waals surface area contributed by atoms with Gasteiger partial charge in [0.25, 0.3) is 0 Å². The van der Waals surface area contributed by atoms with Gasteiger partial charge in [0, 0.05) is 24.0 Å². The van der Waals surface area contributed by atoms with Gasteiger partial charge in [0.15, 0.2) is 0 Å². The largest absolute Gasteiger partial charge is 0.399 e. The van der Waals surface area contributed by atoms with Crippen molar-refractivity contribution >= 4 is 11.4 Å². The first-order chi connectivity index (χ1) is 8.16. The zero-order valence-corrected chi connectivity index (χ0v) is 11.0. The summed E-state index contributed by atoms with van der Waals surface area (Å²) in [6.07, 6.45) is 5.42. The maximum atomic E-state index is 5.90. The molecule has 0 unspecified atom stereocenters. The third-order valence-electron chi connectivity index (χ3n) is 3.53. The first-order valence-electron chi connectivity index (χ1n) is 6.79. The second-order valence-electron chi connectivity index (χ2n) is 5.58. The van der Waals surface area contributed by atoms with Gasteiger partial charge >= 0.3 is 0 Å². The molecule has 1 aromatic rings. The van der Waals surface area contributed by atoms with E-state index in [1.54, 1.807) is 0 Å². The lowest BCUT2D eigenvalue weighted by Gasteiger charge is -2.33. The summed E-state index contributed by atoms with van der Waals surface area (Å²) in [5.41, 5.74) is 8.07. The van der Waals surface area contributed by atoms with Crippen LogP contribution in [0, 0.1) is 5.92 Å². The van der Waals surface area contributed by atoms with Crippen molar-refractivity contribution in [2.45, 2.75) is 45.6 Å². The van der Waals surface area contributed by atoms with Gasteiger partial charge in [-0.25, -0.2) is 0 Å². The quantitative estimate of drug-likeness (QED) is 0.802. The lowest BCUT2D eigenvalue weighted by Crippen LogP contribution is -2.36. The van der Waals surface area contributed by atoms with E-state index >= 15 is 0 Å². The van der Waals surface area contributed by atoms with Crippen LogP contribution in [0.5, 0.6) is 0 Å². The van der Waals surface area contributed by atoms with Gasteiger partial charge in [-0.15, -0.1) is 0 Å². The maximum absolute atomic E-state index is 5.90. The van der Waals surface area contributed by atoms with E-state index in [1.165, 1.54) is 31.4 Å². The summed E-state index contributed by atoms with van der Waals surface area (Å²) in [7, 11) is 0. The fraction of sp³-hybridized carbons (Fsp3) is 0.600. The standard InChI is InChI=1S/C15H24N2/c1-12(2)11-17(14-7-3-4-8-14)15-9-5-6-13(16)10-15/h5-6,9-10,12,14H,3-4,7-8,11,16H2,1-2H3. The number of nitrogens with two attached hydrogens (primary N) is 1. The molecule has 0 heterocycles. The molecule has 0 saturated heterocycles. The number of nitrogen functional groups attached to an aromatic ring is 1. The molecule has 17 heavy (non-hydrogen) atoms. The molecule has 2 N–H and O–H groups in total. The molecule has 1 aliphatic carbocycles. The monoisotopic (exact) mass is 232 g/mol. The van der Waals surface area contributed by atoms with E-state index in [0.29, 0.717) is 5.92 Å². The number of benzene rings is 1. The van der Waals surface area contributed by atoms with Crippen molar-refractivity contribution in [2.75, 3.05) is 17.2 Å². The average Bonchev–Trinajstić information content (AvgIpc) is 2.79. The van der Waals surface area contributed by atoms with E-state index in [1.807, 2.05) is 6.07 Å². The minimum Gasteiger partial charge on any atom is -0.399 e. The van der Waals surface area contributed by atoms with E-state index in [-0.39, 0.29) is 0 Å². The molecule has 0 spiro atoms. The van der Waals surface area contributed by atoms with Crippen LogP contribution >= 0.6 is 0 Å². The molecule has 2 heteroatoms. The van der Waals surface area contributed by atoms with Gasteiger partial charge in [0.05, 0.1) is 0 Å². The van der Waals surface area contributed by atoms with Crippen molar-refractivity contribution in [3.05, 3.63) is 24.3 Å². The fourth-order valence-electron chi connectivity index (χ4n) is 2.78. The van der Waals surface area contributed by atoms with Gasteiger partial charge < -0.3 is 10.6 Å². The second-order valence-corrected chi connectivity index (χ2v) is 5.58. The highest BCUT2D eigenvalue weighted by Crippen LogP contribution is 2.29. The molecule has 0 atom stereocenters. The molecule has 2 nitrogen and oxygen atoms in total. The van der Waals surface area contributed by atoms with Crippen LogP contribution in [0.25, 0.3) is 0 Å². The lowest BCUT2D eigenvalue weighted by atomic mass is 10.1. The van der Waals surface area contributed by atoms with E-state index in [9.17, 15) is 0 Å². The summed E-state index contributed by atoms with van der Waals surface area (Å²) in [6.45, 7) is 5.70. The molecule has 0 bridgehead atoms. The van der Waals surface area contributed by atoms with E-state index in [4.69, 9.17) is 5.73 Å². The van der Waals surface area contributed by atoms with Crippen LogP contribution in [0.15, 0.2) is 24.3 Å². The topological polar surface area (TPSA) is 29.3 Å². The minimum absolute atomic E-state index is 0.692. The fourth-order valence-corrected chi connectivity index (χ4v) is 2.78.